The van der Waals surface area contributed by atoms with Crippen molar-refractivity contribution in [1.29, 1.82) is 0 Å². The smallest absolute Gasteiger partial charge is 0.267 e. The van der Waals surface area contributed by atoms with Gasteiger partial charge in [0.25, 0.3) is 5.91 Å². The van der Waals surface area contributed by atoms with Crippen LogP contribution in [0.4, 0.5) is 0 Å². The summed E-state index contributed by atoms with van der Waals surface area (Å²) in [5.41, 5.74) is 5.00. The molecule has 0 aliphatic rings. The second-order valence-electron chi connectivity index (χ2n) is 5.07. The van der Waals surface area contributed by atoms with Crippen LogP contribution < -0.4 is 5.43 Å². The maximum Gasteiger partial charge on any atom is 0.272 e. The molecule has 2 aromatic carbocycles. The molecule has 1 N–H and O–H groups in total. The molecular formula is C16H12Cl2N6O. The van der Waals surface area contributed by atoms with Gasteiger partial charge in [-0.05, 0) is 53.2 Å². The Balaban J connectivity index is 1.78. The monoisotopic (exact) mass is 374 g/mol. The van der Waals surface area contributed by atoms with E-state index in [-0.39, 0.29) is 5.02 Å². The summed E-state index contributed by atoms with van der Waals surface area (Å²) in [6.07, 6.45) is 1.50. The van der Waals surface area contributed by atoms with Gasteiger partial charge in [-0.15, -0.1) is 5.10 Å². The first-order valence-electron chi connectivity index (χ1n) is 7.18. The fourth-order valence-electron chi connectivity index (χ4n) is 2.09. The summed E-state index contributed by atoms with van der Waals surface area (Å²) in [7, 11) is 0. The summed E-state index contributed by atoms with van der Waals surface area (Å²) in [6, 6.07) is 12.1. The molecule has 7 nitrogen and oxygen atoms in total. The van der Waals surface area contributed by atoms with Crippen molar-refractivity contribution >= 4 is 34.8 Å². The maximum atomic E-state index is 12.2. The van der Waals surface area contributed by atoms with Gasteiger partial charge in [0.05, 0.1) is 22.0 Å². The van der Waals surface area contributed by atoms with Gasteiger partial charge in [-0.3, -0.25) is 4.79 Å². The first-order chi connectivity index (χ1) is 12.0. The van der Waals surface area contributed by atoms with E-state index in [2.05, 4.69) is 26.1 Å². The Bertz CT molecular complexity index is 940. The van der Waals surface area contributed by atoms with Crippen LogP contribution in [0.1, 0.15) is 22.8 Å². The first kappa shape index (κ1) is 17.1. The zero-order valence-electron chi connectivity index (χ0n) is 13.0. The van der Waals surface area contributed by atoms with Gasteiger partial charge in [-0.25, -0.2) is 10.1 Å². The van der Waals surface area contributed by atoms with Crippen LogP contribution in [0, 0.1) is 0 Å². The van der Waals surface area contributed by atoms with Crippen molar-refractivity contribution in [2.75, 3.05) is 0 Å². The van der Waals surface area contributed by atoms with Crippen LogP contribution in [0.15, 0.2) is 53.9 Å². The average molecular weight is 375 g/mol. The van der Waals surface area contributed by atoms with Crippen LogP contribution in [0.5, 0.6) is 0 Å². The summed E-state index contributed by atoms with van der Waals surface area (Å²) in [5, 5.41) is 15.9. The van der Waals surface area contributed by atoms with Crippen molar-refractivity contribution in [2.24, 2.45) is 5.10 Å². The largest absolute Gasteiger partial charge is 0.272 e. The number of nitrogens with zero attached hydrogens (tertiary/aromatic N) is 5. The third-order valence-electron chi connectivity index (χ3n) is 3.38. The lowest BCUT2D eigenvalue weighted by molar-refractivity contribution is 0.0955. The quantitative estimate of drug-likeness (QED) is 0.561. The minimum absolute atomic E-state index is 0.263. The Labute approximate surface area is 153 Å². The van der Waals surface area contributed by atoms with Crippen molar-refractivity contribution in [1.82, 2.24) is 25.6 Å². The molecule has 0 aliphatic heterocycles. The summed E-state index contributed by atoms with van der Waals surface area (Å²) >= 11 is 11.8. The van der Waals surface area contributed by atoms with E-state index < -0.39 is 5.91 Å². The highest BCUT2D eigenvalue weighted by Crippen LogP contribution is 2.20. The summed E-state index contributed by atoms with van der Waals surface area (Å²) in [4.78, 5) is 12.2. The molecule has 0 spiro atoms. The Morgan fingerprint density at radius 1 is 1.20 bits per heavy atom. The third-order valence-corrected chi connectivity index (χ3v) is 3.93. The number of aromatic nitrogens is 4. The fourth-order valence-corrected chi connectivity index (χ4v) is 2.58. The van der Waals surface area contributed by atoms with Gasteiger partial charge in [-0.2, -0.15) is 5.10 Å². The Morgan fingerprint density at radius 2 is 2.04 bits per heavy atom. The molecule has 0 saturated carbocycles. The molecule has 0 atom stereocenters. The van der Waals surface area contributed by atoms with E-state index in [0.29, 0.717) is 16.3 Å². The standard InChI is InChI=1S/C16H12Cl2N6O/c1-10(11-3-2-4-13(7-11)24-9-19-22-23-24)20-21-16(25)14-6-5-12(17)8-15(14)18/h2-9H,1H3,(H,21,25)/b20-10-. The van der Waals surface area contributed by atoms with Crippen molar-refractivity contribution in [3.63, 3.8) is 0 Å². The summed E-state index contributed by atoms with van der Waals surface area (Å²) in [6.45, 7) is 1.78. The second-order valence-corrected chi connectivity index (χ2v) is 5.91. The second kappa shape index (κ2) is 7.42. The lowest BCUT2D eigenvalue weighted by Gasteiger charge is -2.06. The number of carbonyl (C=O) groups is 1. The predicted molar refractivity (Wildman–Crippen MR) is 95.3 cm³/mol. The fraction of sp³-hybridized carbons (Fsp3) is 0.0625. The number of rotatable bonds is 4. The van der Waals surface area contributed by atoms with Crippen LogP contribution in [0.3, 0.4) is 0 Å². The number of hydrazone groups is 1. The molecule has 9 heteroatoms. The molecule has 1 heterocycles. The highest BCUT2D eigenvalue weighted by atomic mass is 35.5. The van der Waals surface area contributed by atoms with Crippen molar-refractivity contribution in [3.8, 4) is 5.69 Å². The molecule has 1 aromatic heterocycles. The van der Waals surface area contributed by atoms with Crippen LogP contribution in [-0.4, -0.2) is 31.8 Å². The molecule has 126 valence electrons. The molecule has 0 fully saturated rings. The first-order valence-corrected chi connectivity index (χ1v) is 7.93. The number of hydrogen-bond donors (Lipinski definition) is 1. The van der Waals surface area contributed by atoms with Crippen LogP contribution in [0.2, 0.25) is 10.0 Å². The Kier molecular flexibility index (Phi) is 5.06. The Hall–Kier alpha value is -2.77. The van der Waals surface area contributed by atoms with E-state index in [9.17, 15) is 4.79 Å². The van der Waals surface area contributed by atoms with E-state index in [1.165, 1.54) is 17.1 Å². The number of carbonyl (C=O) groups excluding carboxylic acids is 1. The third kappa shape index (κ3) is 4.01. The van der Waals surface area contributed by atoms with E-state index >= 15 is 0 Å². The summed E-state index contributed by atoms with van der Waals surface area (Å²) in [5.74, 6) is -0.419. The van der Waals surface area contributed by atoms with Gasteiger partial charge in [-0.1, -0.05) is 35.3 Å². The number of benzene rings is 2. The molecule has 0 bridgehead atoms. The number of halogens is 2. The van der Waals surface area contributed by atoms with E-state index in [4.69, 9.17) is 23.2 Å². The van der Waals surface area contributed by atoms with Crippen molar-refractivity contribution in [3.05, 3.63) is 70.0 Å². The minimum atomic E-state index is -0.419. The highest BCUT2D eigenvalue weighted by molar-refractivity contribution is 6.36. The maximum absolute atomic E-state index is 12.2. The lowest BCUT2D eigenvalue weighted by atomic mass is 10.1. The van der Waals surface area contributed by atoms with Crippen molar-refractivity contribution < 1.29 is 4.79 Å². The van der Waals surface area contributed by atoms with Gasteiger partial charge in [0.2, 0.25) is 0 Å². The normalized spacial score (nSPS) is 11.4. The minimum Gasteiger partial charge on any atom is -0.267 e. The molecule has 0 radical (unpaired) electrons. The van der Waals surface area contributed by atoms with Gasteiger partial charge >= 0.3 is 0 Å². The van der Waals surface area contributed by atoms with E-state index in [0.717, 1.165) is 11.3 Å². The molecule has 0 aliphatic carbocycles. The molecule has 1 amide bonds. The zero-order chi connectivity index (χ0) is 17.8. The van der Waals surface area contributed by atoms with Gasteiger partial charge in [0, 0.05) is 5.02 Å². The molecule has 0 saturated heterocycles. The van der Waals surface area contributed by atoms with Crippen LogP contribution in [0.25, 0.3) is 5.69 Å². The van der Waals surface area contributed by atoms with Gasteiger partial charge < -0.3 is 0 Å². The molecule has 3 rings (SSSR count). The number of amides is 1. The van der Waals surface area contributed by atoms with Gasteiger partial charge in [0.1, 0.15) is 6.33 Å². The lowest BCUT2D eigenvalue weighted by Crippen LogP contribution is -2.19. The average Bonchev–Trinajstić information content (AvgIpc) is 3.14. The Morgan fingerprint density at radius 3 is 2.76 bits per heavy atom. The number of nitrogens with one attached hydrogen (secondary N) is 1. The van der Waals surface area contributed by atoms with Gasteiger partial charge in [0.15, 0.2) is 0 Å². The van der Waals surface area contributed by atoms with Crippen molar-refractivity contribution in [2.45, 2.75) is 6.92 Å². The molecule has 0 unspecified atom stereocenters. The number of hydrogen-bond acceptors (Lipinski definition) is 5. The highest BCUT2D eigenvalue weighted by Gasteiger charge is 2.10. The molecule has 25 heavy (non-hydrogen) atoms. The van der Waals surface area contributed by atoms with E-state index in [1.54, 1.807) is 19.1 Å². The van der Waals surface area contributed by atoms with E-state index in [1.807, 2.05) is 24.3 Å². The topological polar surface area (TPSA) is 85.1 Å². The predicted octanol–water partition coefficient (Wildman–Crippen LogP) is 3.12. The molecule has 3 aromatic rings. The number of tetrazole rings is 1. The van der Waals surface area contributed by atoms with Crippen LogP contribution >= 0.6 is 23.2 Å². The SMILES string of the molecule is C/C(=N/NC(=O)c1ccc(Cl)cc1Cl)c1cccc(-n2cnnn2)c1. The van der Waals surface area contributed by atoms with Crippen LogP contribution in [-0.2, 0) is 0 Å². The zero-order valence-corrected chi connectivity index (χ0v) is 14.5. The molecular weight excluding hydrogens is 363 g/mol. The summed E-state index contributed by atoms with van der Waals surface area (Å²) < 4.78 is 1.53.